The van der Waals surface area contributed by atoms with E-state index in [0.717, 1.165) is 38.2 Å². The molecule has 3 N–H and O–H groups in total. The second-order valence-corrected chi connectivity index (χ2v) is 6.12. The summed E-state index contributed by atoms with van der Waals surface area (Å²) in [5.41, 5.74) is 10.0. The fraction of sp³-hybridized carbons (Fsp3) is 0.368. The fourth-order valence-electron chi connectivity index (χ4n) is 2.97. The Labute approximate surface area is 138 Å². The quantitative estimate of drug-likeness (QED) is 0.718. The maximum atomic E-state index is 9.22. The number of nitrogens with one attached hydrogen (secondary N) is 2. The SMILES string of the molecule is OCC1CCN(c2ccc(CNNc3ccccc3)cc2)CC1. The molecule has 1 fully saturated rings. The van der Waals surface area contributed by atoms with E-state index in [1.165, 1.54) is 11.3 Å². The van der Waals surface area contributed by atoms with Crippen LogP contribution in [0.25, 0.3) is 0 Å². The minimum atomic E-state index is 0.326. The van der Waals surface area contributed by atoms with Crippen LogP contribution in [-0.4, -0.2) is 24.8 Å². The molecule has 0 aromatic heterocycles. The minimum absolute atomic E-state index is 0.326. The van der Waals surface area contributed by atoms with Crippen LogP contribution < -0.4 is 15.8 Å². The predicted molar refractivity (Wildman–Crippen MR) is 95.4 cm³/mol. The highest BCUT2D eigenvalue weighted by Gasteiger charge is 2.18. The first-order valence-electron chi connectivity index (χ1n) is 8.34. The number of nitrogens with zero attached hydrogens (tertiary/aromatic N) is 1. The van der Waals surface area contributed by atoms with E-state index in [1.54, 1.807) is 0 Å². The van der Waals surface area contributed by atoms with Crippen molar-refractivity contribution in [3.05, 3.63) is 60.2 Å². The van der Waals surface area contributed by atoms with Crippen molar-refractivity contribution in [2.45, 2.75) is 19.4 Å². The highest BCUT2D eigenvalue weighted by atomic mass is 16.3. The Hall–Kier alpha value is -2.04. The second-order valence-electron chi connectivity index (χ2n) is 6.12. The molecule has 1 saturated heterocycles. The Kier molecular flexibility index (Phi) is 5.51. The van der Waals surface area contributed by atoms with E-state index in [1.807, 2.05) is 30.3 Å². The van der Waals surface area contributed by atoms with Gasteiger partial charge in [-0.1, -0.05) is 30.3 Å². The Balaban J connectivity index is 1.47. The second kappa shape index (κ2) is 7.99. The molecule has 1 heterocycles. The molecule has 0 unspecified atom stereocenters. The monoisotopic (exact) mass is 311 g/mol. The zero-order valence-corrected chi connectivity index (χ0v) is 13.4. The van der Waals surface area contributed by atoms with Gasteiger partial charge in [0.05, 0.1) is 0 Å². The van der Waals surface area contributed by atoms with Gasteiger partial charge in [-0.2, -0.15) is 0 Å². The van der Waals surface area contributed by atoms with Crippen LogP contribution in [0.15, 0.2) is 54.6 Å². The first-order chi connectivity index (χ1) is 11.3. The summed E-state index contributed by atoms with van der Waals surface area (Å²) in [6.07, 6.45) is 2.17. The fourth-order valence-corrected chi connectivity index (χ4v) is 2.97. The molecule has 23 heavy (non-hydrogen) atoms. The number of benzene rings is 2. The van der Waals surface area contributed by atoms with Crippen molar-refractivity contribution in [2.75, 3.05) is 30.0 Å². The summed E-state index contributed by atoms with van der Waals surface area (Å²) in [5.74, 6) is 0.485. The van der Waals surface area contributed by atoms with E-state index in [0.29, 0.717) is 12.5 Å². The standard InChI is InChI=1S/C19H25N3O/c23-15-17-10-12-22(13-11-17)19-8-6-16(7-9-19)14-20-21-18-4-2-1-3-5-18/h1-9,17,20-21,23H,10-15H2. The van der Waals surface area contributed by atoms with Gasteiger partial charge in [-0.05, 0) is 48.6 Å². The molecule has 4 heteroatoms. The Morgan fingerprint density at radius 3 is 2.30 bits per heavy atom. The third-order valence-corrected chi connectivity index (χ3v) is 4.47. The molecule has 0 amide bonds. The van der Waals surface area contributed by atoms with Gasteiger partial charge in [0.2, 0.25) is 0 Å². The van der Waals surface area contributed by atoms with E-state index in [2.05, 4.69) is 40.0 Å². The number of hydrazine groups is 1. The van der Waals surface area contributed by atoms with Gasteiger partial charge in [0.25, 0.3) is 0 Å². The van der Waals surface area contributed by atoms with Gasteiger partial charge in [-0.3, -0.25) is 0 Å². The van der Waals surface area contributed by atoms with Gasteiger partial charge in [-0.15, -0.1) is 0 Å². The van der Waals surface area contributed by atoms with Crippen molar-refractivity contribution in [1.82, 2.24) is 5.43 Å². The molecule has 4 nitrogen and oxygen atoms in total. The number of hydrogen-bond donors (Lipinski definition) is 3. The minimum Gasteiger partial charge on any atom is -0.396 e. The zero-order valence-electron chi connectivity index (χ0n) is 13.4. The number of aliphatic hydroxyl groups excluding tert-OH is 1. The van der Waals surface area contributed by atoms with Crippen LogP contribution in [-0.2, 0) is 6.54 Å². The van der Waals surface area contributed by atoms with E-state index in [9.17, 15) is 5.11 Å². The van der Waals surface area contributed by atoms with Crippen LogP contribution in [0.4, 0.5) is 11.4 Å². The van der Waals surface area contributed by atoms with Gasteiger partial charge in [0, 0.05) is 37.6 Å². The van der Waals surface area contributed by atoms with Gasteiger partial charge < -0.3 is 15.4 Å². The number of rotatable bonds is 6. The summed E-state index contributed by atoms with van der Waals surface area (Å²) in [6, 6.07) is 18.8. The third kappa shape index (κ3) is 4.47. The van der Waals surface area contributed by atoms with Crippen molar-refractivity contribution in [3.63, 3.8) is 0 Å². The van der Waals surface area contributed by atoms with Crippen molar-refractivity contribution in [3.8, 4) is 0 Å². The van der Waals surface area contributed by atoms with E-state index >= 15 is 0 Å². The molecule has 1 aliphatic rings. The molecule has 0 spiro atoms. The number of aliphatic hydroxyl groups is 1. The van der Waals surface area contributed by atoms with Crippen LogP contribution in [0, 0.1) is 5.92 Å². The highest BCUT2D eigenvalue weighted by molar-refractivity contribution is 5.48. The maximum absolute atomic E-state index is 9.22. The van der Waals surface area contributed by atoms with Gasteiger partial charge >= 0.3 is 0 Å². The largest absolute Gasteiger partial charge is 0.396 e. The topological polar surface area (TPSA) is 47.5 Å². The van der Waals surface area contributed by atoms with Gasteiger partial charge in [0.15, 0.2) is 0 Å². The summed E-state index contributed by atoms with van der Waals surface area (Å²) in [6.45, 7) is 3.19. The van der Waals surface area contributed by atoms with E-state index in [-0.39, 0.29) is 0 Å². The lowest BCUT2D eigenvalue weighted by atomic mass is 9.97. The van der Waals surface area contributed by atoms with Crippen molar-refractivity contribution in [2.24, 2.45) is 5.92 Å². The molecule has 0 atom stereocenters. The Bertz CT molecular complexity index is 577. The zero-order chi connectivity index (χ0) is 15.9. The van der Waals surface area contributed by atoms with Crippen LogP contribution in [0.5, 0.6) is 0 Å². The first-order valence-corrected chi connectivity index (χ1v) is 8.34. The lowest BCUT2D eigenvalue weighted by Gasteiger charge is -2.33. The normalized spacial score (nSPS) is 15.6. The number of hydrogen-bond acceptors (Lipinski definition) is 4. The molecule has 1 aliphatic heterocycles. The summed E-state index contributed by atoms with van der Waals surface area (Å²) in [5, 5.41) is 9.22. The third-order valence-electron chi connectivity index (χ3n) is 4.47. The number of piperidine rings is 1. The molecule has 0 bridgehead atoms. The average molecular weight is 311 g/mol. The smallest absolute Gasteiger partial charge is 0.0487 e. The molecule has 0 saturated carbocycles. The maximum Gasteiger partial charge on any atom is 0.0487 e. The summed E-state index contributed by atoms with van der Waals surface area (Å²) < 4.78 is 0. The molecule has 2 aromatic carbocycles. The summed E-state index contributed by atoms with van der Waals surface area (Å²) >= 11 is 0. The molecular formula is C19H25N3O. The van der Waals surface area contributed by atoms with Gasteiger partial charge in [-0.25, -0.2) is 5.43 Å². The van der Waals surface area contributed by atoms with Crippen molar-refractivity contribution < 1.29 is 5.11 Å². The van der Waals surface area contributed by atoms with Crippen LogP contribution >= 0.6 is 0 Å². The summed E-state index contributed by atoms with van der Waals surface area (Å²) in [7, 11) is 0. The van der Waals surface area contributed by atoms with E-state index < -0.39 is 0 Å². The highest BCUT2D eigenvalue weighted by Crippen LogP contribution is 2.23. The lowest BCUT2D eigenvalue weighted by Crippen LogP contribution is -2.34. The molecule has 122 valence electrons. The molecule has 2 aromatic rings. The summed E-state index contributed by atoms with van der Waals surface area (Å²) in [4.78, 5) is 2.41. The van der Waals surface area contributed by atoms with Crippen LogP contribution in [0.1, 0.15) is 18.4 Å². The van der Waals surface area contributed by atoms with Gasteiger partial charge in [0.1, 0.15) is 0 Å². The number of anilines is 2. The molecular weight excluding hydrogens is 286 g/mol. The number of para-hydroxylation sites is 1. The predicted octanol–water partition coefficient (Wildman–Crippen LogP) is 3.01. The Morgan fingerprint density at radius 1 is 0.957 bits per heavy atom. The van der Waals surface area contributed by atoms with Crippen molar-refractivity contribution in [1.29, 1.82) is 0 Å². The van der Waals surface area contributed by atoms with E-state index in [4.69, 9.17) is 0 Å². The molecule has 0 radical (unpaired) electrons. The average Bonchev–Trinajstić information content (AvgIpc) is 2.63. The van der Waals surface area contributed by atoms with Crippen molar-refractivity contribution >= 4 is 11.4 Å². The lowest BCUT2D eigenvalue weighted by molar-refractivity contribution is 0.203. The van der Waals surface area contributed by atoms with Crippen LogP contribution in [0.3, 0.4) is 0 Å². The molecule has 0 aliphatic carbocycles. The molecule has 3 rings (SSSR count). The Morgan fingerprint density at radius 2 is 1.65 bits per heavy atom. The van der Waals surface area contributed by atoms with Crippen LogP contribution in [0.2, 0.25) is 0 Å². The first kappa shape index (κ1) is 15.8.